The Morgan fingerprint density at radius 1 is 0.737 bits per heavy atom. The molecule has 0 fully saturated rings. The Hall–Kier alpha value is -4.08. The quantitative estimate of drug-likeness (QED) is 0.286. The Morgan fingerprint density at radius 2 is 1.34 bits per heavy atom. The number of hydrogen-bond acceptors (Lipinski definition) is 8. The fourth-order valence-corrected chi connectivity index (χ4v) is 3.01. The second kappa shape index (κ2) is 13.5. The number of ether oxygens (including phenoxy) is 4. The number of benzene rings is 2. The van der Waals surface area contributed by atoms with Crippen LogP contribution >= 0.6 is 0 Å². The zero-order valence-corrected chi connectivity index (χ0v) is 22.7. The van der Waals surface area contributed by atoms with E-state index in [0.29, 0.717) is 5.56 Å². The molecule has 2 amide bonds. The molecule has 0 aliphatic rings. The number of hydrogen-bond donors (Lipinski definition) is 1. The summed E-state index contributed by atoms with van der Waals surface area (Å²) in [6.07, 6.45) is -1.95. The van der Waals surface area contributed by atoms with Gasteiger partial charge in [0.2, 0.25) is 0 Å². The Bertz CT molecular complexity index is 1090. The number of anilines is 1. The van der Waals surface area contributed by atoms with Crippen LogP contribution in [0.4, 0.5) is 15.3 Å². The average molecular weight is 529 g/mol. The van der Waals surface area contributed by atoms with Crippen molar-refractivity contribution in [3.8, 4) is 0 Å². The lowest BCUT2D eigenvalue weighted by Gasteiger charge is -2.26. The topological polar surface area (TPSA) is 120 Å². The molecule has 0 heterocycles. The lowest BCUT2D eigenvalue weighted by atomic mass is 10.1. The SMILES string of the molecule is CC(C)(C)OC(=O)CCOC(=O)N(NC(=O)OC(C)(C)C)c1ccc(CC(=O)OCc2ccccc2)cc1. The van der Waals surface area contributed by atoms with Crippen LogP contribution in [-0.4, -0.2) is 41.9 Å². The third kappa shape index (κ3) is 11.8. The van der Waals surface area contributed by atoms with Gasteiger partial charge in [0.15, 0.2) is 0 Å². The minimum absolute atomic E-state index is 0.0208. The first kappa shape index (κ1) is 30.1. The lowest BCUT2D eigenvalue weighted by molar-refractivity contribution is -0.155. The molecule has 2 aromatic carbocycles. The first-order valence-electron chi connectivity index (χ1n) is 12.2. The van der Waals surface area contributed by atoms with Crippen molar-refractivity contribution in [3.63, 3.8) is 0 Å². The monoisotopic (exact) mass is 528 g/mol. The molecule has 0 unspecified atom stereocenters. The van der Waals surface area contributed by atoms with E-state index in [9.17, 15) is 19.2 Å². The number of carbonyl (C=O) groups excluding carboxylic acids is 4. The zero-order chi connectivity index (χ0) is 28.3. The highest BCUT2D eigenvalue weighted by Crippen LogP contribution is 2.17. The molecule has 2 aromatic rings. The van der Waals surface area contributed by atoms with Crippen LogP contribution in [0, 0.1) is 0 Å². The maximum absolute atomic E-state index is 12.8. The molecule has 0 bridgehead atoms. The molecule has 10 heteroatoms. The summed E-state index contributed by atoms with van der Waals surface area (Å²) in [5, 5.41) is 0.862. The van der Waals surface area contributed by atoms with Gasteiger partial charge in [0.1, 0.15) is 24.4 Å². The summed E-state index contributed by atoms with van der Waals surface area (Å²) < 4.78 is 20.9. The number of nitrogens with one attached hydrogen (secondary N) is 1. The molecule has 0 spiro atoms. The van der Waals surface area contributed by atoms with E-state index in [1.165, 1.54) is 12.1 Å². The van der Waals surface area contributed by atoms with Crippen molar-refractivity contribution in [1.29, 1.82) is 0 Å². The number of carbonyl (C=O) groups is 4. The fraction of sp³-hybridized carbons (Fsp3) is 0.429. The highest BCUT2D eigenvalue weighted by molar-refractivity contribution is 5.90. The second-order valence-corrected chi connectivity index (χ2v) is 10.4. The number of rotatable bonds is 8. The smallest absolute Gasteiger partial charge is 0.433 e. The standard InChI is InChI=1S/C28H36N2O8/c1-27(2,3)37-23(31)16-17-35-26(34)30(29-25(33)38-28(4,5)6)22-14-12-20(13-15-22)18-24(32)36-19-21-10-8-7-9-11-21/h7-15H,16-19H2,1-6H3,(H,29,33). The van der Waals surface area contributed by atoms with Crippen molar-refractivity contribution >= 4 is 29.8 Å². The summed E-state index contributed by atoms with van der Waals surface area (Å²) in [7, 11) is 0. The first-order valence-corrected chi connectivity index (χ1v) is 12.2. The van der Waals surface area contributed by atoms with Gasteiger partial charge in [-0.15, -0.1) is 0 Å². The third-order valence-corrected chi connectivity index (χ3v) is 4.52. The van der Waals surface area contributed by atoms with Crippen LogP contribution in [0.3, 0.4) is 0 Å². The van der Waals surface area contributed by atoms with Crippen molar-refractivity contribution in [2.75, 3.05) is 11.6 Å². The van der Waals surface area contributed by atoms with Gasteiger partial charge < -0.3 is 18.9 Å². The van der Waals surface area contributed by atoms with E-state index in [2.05, 4.69) is 5.43 Å². The van der Waals surface area contributed by atoms with Crippen LogP contribution in [0.25, 0.3) is 0 Å². The van der Waals surface area contributed by atoms with Gasteiger partial charge in [-0.1, -0.05) is 42.5 Å². The van der Waals surface area contributed by atoms with Gasteiger partial charge >= 0.3 is 24.1 Å². The summed E-state index contributed by atoms with van der Waals surface area (Å²) in [4.78, 5) is 49.3. The summed E-state index contributed by atoms with van der Waals surface area (Å²) in [5.74, 6) is -0.938. The number of hydrazine groups is 1. The molecule has 0 aliphatic carbocycles. The molecular weight excluding hydrogens is 492 g/mol. The van der Waals surface area contributed by atoms with E-state index in [4.69, 9.17) is 18.9 Å². The highest BCUT2D eigenvalue weighted by Gasteiger charge is 2.25. The average Bonchev–Trinajstić information content (AvgIpc) is 2.80. The number of amides is 2. The molecule has 0 aromatic heterocycles. The van der Waals surface area contributed by atoms with Crippen molar-refractivity contribution in [2.45, 2.75) is 72.2 Å². The Morgan fingerprint density at radius 3 is 1.92 bits per heavy atom. The van der Waals surface area contributed by atoms with E-state index in [0.717, 1.165) is 10.6 Å². The maximum Gasteiger partial charge on any atom is 0.433 e. The molecule has 2 rings (SSSR count). The Kier molecular flexibility index (Phi) is 10.7. The number of nitrogens with zero attached hydrogens (tertiary/aromatic N) is 1. The van der Waals surface area contributed by atoms with Crippen molar-refractivity contribution < 1.29 is 38.1 Å². The number of esters is 2. The van der Waals surface area contributed by atoms with Crippen LogP contribution in [0.15, 0.2) is 54.6 Å². The van der Waals surface area contributed by atoms with Gasteiger partial charge in [-0.25, -0.2) is 15.0 Å². The predicted octanol–water partition coefficient (Wildman–Crippen LogP) is 5.09. The van der Waals surface area contributed by atoms with Gasteiger partial charge in [0.25, 0.3) is 0 Å². The molecular formula is C28H36N2O8. The minimum atomic E-state index is -0.936. The van der Waals surface area contributed by atoms with E-state index in [1.807, 2.05) is 30.3 Å². The van der Waals surface area contributed by atoms with Crippen LogP contribution in [-0.2, 0) is 41.6 Å². The molecule has 1 N–H and O–H groups in total. The fourth-order valence-electron chi connectivity index (χ4n) is 3.01. The van der Waals surface area contributed by atoms with Crippen LogP contribution in [0.5, 0.6) is 0 Å². The van der Waals surface area contributed by atoms with Gasteiger partial charge in [-0.05, 0) is 64.8 Å². The van der Waals surface area contributed by atoms with Gasteiger partial charge in [0, 0.05) is 0 Å². The molecule has 38 heavy (non-hydrogen) atoms. The second-order valence-electron chi connectivity index (χ2n) is 10.4. The normalized spacial score (nSPS) is 11.2. The van der Waals surface area contributed by atoms with Crippen molar-refractivity contribution in [2.24, 2.45) is 0 Å². The molecule has 0 aliphatic heterocycles. The van der Waals surface area contributed by atoms with Crippen LogP contribution in [0.2, 0.25) is 0 Å². The third-order valence-electron chi connectivity index (χ3n) is 4.52. The van der Waals surface area contributed by atoms with Gasteiger partial charge in [-0.2, -0.15) is 5.01 Å². The summed E-state index contributed by atoms with van der Waals surface area (Å²) in [5.41, 5.74) is 2.65. The first-order chi connectivity index (χ1) is 17.7. The summed E-state index contributed by atoms with van der Waals surface area (Å²) >= 11 is 0. The molecule has 0 atom stereocenters. The van der Waals surface area contributed by atoms with E-state index < -0.39 is 35.3 Å². The van der Waals surface area contributed by atoms with Crippen LogP contribution < -0.4 is 10.4 Å². The van der Waals surface area contributed by atoms with Crippen LogP contribution in [0.1, 0.15) is 59.1 Å². The van der Waals surface area contributed by atoms with Crippen molar-refractivity contribution in [3.05, 3.63) is 65.7 Å². The summed E-state index contributed by atoms with van der Waals surface area (Å²) in [6.45, 7) is 10.2. The molecule has 206 valence electrons. The lowest BCUT2D eigenvalue weighted by Crippen LogP contribution is -2.48. The molecule has 0 saturated carbocycles. The van der Waals surface area contributed by atoms with E-state index >= 15 is 0 Å². The zero-order valence-electron chi connectivity index (χ0n) is 22.7. The Balaban J connectivity index is 2.03. The molecule has 0 radical (unpaired) electrons. The highest BCUT2D eigenvalue weighted by atomic mass is 16.6. The minimum Gasteiger partial charge on any atom is -0.461 e. The maximum atomic E-state index is 12.8. The van der Waals surface area contributed by atoms with E-state index in [-0.39, 0.29) is 31.7 Å². The van der Waals surface area contributed by atoms with Gasteiger partial charge in [-0.3, -0.25) is 9.59 Å². The molecule has 0 saturated heterocycles. The van der Waals surface area contributed by atoms with Crippen molar-refractivity contribution in [1.82, 2.24) is 5.43 Å². The largest absolute Gasteiger partial charge is 0.461 e. The molecule has 10 nitrogen and oxygen atoms in total. The Labute approximate surface area is 223 Å². The summed E-state index contributed by atoms with van der Waals surface area (Å²) in [6, 6.07) is 15.6. The van der Waals surface area contributed by atoms with Gasteiger partial charge in [0.05, 0.1) is 18.5 Å². The van der Waals surface area contributed by atoms with E-state index in [1.54, 1.807) is 53.7 Å². The predicted molar refractivity (Wildman–Crippen MR) is 140 cm³/mol.